The monoisotopic (exact) mass is 245 g/mol. The third-order valence-electron chi connectivity index (χ3n) is 3.10. The predicted molar refractivity (Wildman–Crippen MR) is 70.8 cm³/mol. The maximum atomic E-state index is 11.9. The number of hydrogen-bond donors (Lipinski definition) is 0. The summed E-state index contributed by atoms with van der Waals surface area (Å²) in [7, 11) is 0. The summed E-state index contributed by atoms with van der Waals surface area (Å²) in [6.07, 6.45) is 2.71. The van der Waals surface area contributed by atoms with Crippen LogP contribution in [0.4, 0.5) is 0 Å². The highest BCUT2D eigenvalue weighted by Crippen LogP contribution is 2.18. The third kappa shape index (κ3) is 3.13. The van der Waals surface area contributed by atoms with E-state index in [2.05, 4.69) is 18.7 Å². The highest BCUT2D eigenvalue weighted by Gasteiger charge is 2.20. The van der Waals surface area contributed by atoms with Gasteiger partial charge in [-0.3, -0.25) is 0 Å². The van der Waals surface area contributed by atoms with E-state index in [9.17, 15) is 4.79 Å². The molecule has 1 aliphatic rings. The molecular weight excluding hydrogens is 226 g/mol. The van der Waals surface area contributed by atoms with Crippen molar-refractivity contribution in [2.45, 2.75) is 32.9 Å². The maximum Gasteiger partial charge on any atom is 0.335 e. The van der Waals surface area contributed by atoms with Crippen LogP contribution in [0.15, 0.2) is 42.1 Å². The van der Waals surface area contributed by atoms with Crippen LogP contribution in [-0.2, 0) is 16.1 Å². The first-order valence-electron chi connectivity index (χ1n) is 6.34. The summed E-state index contributed by atoms with van der Waals surface area (Å²) in [6, 6.07) is 10.2. The van der Waals surface area contributed by atoms with Crippen molar-refractivity contribution in [2.75, 3.05) is 6.54 Å². The van der Waals surface area contributed by atoms with Gasteiger partial charge in [0.25, 0.3) is 0 Å². The van der Waals surface area contributed by atoms with Crippen LogP contribution in [0, 0.1) is 0 Å². The van der Waals surface area contributed by atoms with Crippen LogP contribution in [0.1, 0.15) is 25.8 Å². The van der Waals surface area contributed by atoms with Crippen LogP contribution in [0.5, 0.6) is 0 Å². The molecule has 0 aromatic heterocycles. The molecule has 18 heavy (non-hydrogen) atoms. The molecule has 0 fully saturated rings. The summed E-state index contributed by atoms with van der Waals surface area (Å²) in [5, 5.41) is 0. The molecule has 0 saturated carbocycles. The first-order valence-corrected chi connectivity index (χ1v) is 6.34. The average Bonchev–Trinajstić information content (AvgIpc) is 2.87. The van der Waals surface area contributed by atoms with E-state index in [1.165, 1.54) is 0 Å². The summed E-state index contributed by atoms with van der Waals surface area (Å²) >= 11 is 0. The van der Waals surface area contributed by atoms with Gasteiger partial charge in [-0.1, -0.05) is 30.3 Å². The van der Waals surface area contributed by atoms with Crippen LogP contribution in [-0.4, -0.2) is 23.5 Å². The molecule has 2 rings (SSSR count). The molecule has 0 bridgehead atoms. The second-order valence-electron chi connectivity index (χ2n) is 4.80. The van der Waals surface area contributed by atoms with Crippen molar-refractivity contribution in [1.82, 2.24) is 4.90 Å². The average molecular weight is 245 g/mol. The molecule has 1 aliphatic heterocycles. The SMILES string of the molecule is CC(C)N1C=C(C(=O)OCc2ccccc2)CC1. The lowest BCUT2D eigenvalue weighted by Crippen LogP contribution is -2.22. The number of ether oxygens (including phenoxy) is 1. The lowest BCUT2D eigenvalue weighted by atomic mass is 10.2. The van der Waals surface area contributed by atoms with Gasteiger partial charge in [0.1, 0.15) is 6.61 Å². The zero-order valence-electron chi connectivity index (χ0n) is 10.9. The van der Waals surface area contributed by atoms with E-state index in [1.54, 1.807) is 0 Å². The molecule has 3 nitrogen and oxygen atoms in total. The number of hydrogen-bond acceptors (Lipinski definition) is 3. The highest BCUT2D eigenvalue weighted by molar-refractivity contribution is 5.88. The zero-order valence-corrected chi connectivity index (χ0v) is 10.9. The Morgan fingerprint density at radius 1 is 1.33 bits per heavy atom. The summed E-state index contributed by atoms with van der Waals surface area (Å²) < 4.78 is 5.31. The van der Waals surface area contributed by atoms with Crippen molar-refractivity contribution < 1.29 is 9.53 Å². The summed E-state index contributed by atoms with van der Waals surface area (Å²) in [6.45, 7) is 5.50. The number of benzene rings is 1. The summed E-state index contributed by atoms with van der Waals surface area (Å²) in [5.74, 6) is -0.193. The Morgan fingerprint density at radius 2 is 2.06 bits per heavy atom. The Kier molecular flexibility index (Phi) is 4.03. The number of esters is 1. The van der Waals surface area contributed by atoms with Crippen molar-refractivity contribution in [2.24, 2.45) is 0 Å². The molecule has 0 spiro atoms. The Hall–Kier alpha value is -1.77. The van der Waals surface area contributed by atoms with E-state index in [0.29, 0.717) is 12.6 Å². The van der Waals surface area contributed by atoms with Gasteiger partial charge in [0.2, 0.25) is 0 Å². The number of carbonyl (C=O) groups excluding carboxylic acids is 1. The fraction of sp³-hybridized carbons (Fsp3) is 0.400. The largest absolute Gasteiger partial charge is 0.457 e. The topological polar surface area (TPSA) is 29.5 Å². The van der Waals surface area contributed by atoms with Crippen molar-refractivity contribution in [3.05, 3.63) is 47.7 Å². The van der Waals surface area contributed by atoms with Gasteiger partial charge in [-0.15, -0.1) is 0 Å². The van der Waals surface area contributed by atoms with Gasteiger partial charge in [0.15, 0.2) is 0 Å². The van der Waals surface area contributed by atoms with Gasteiger partial charge in [-0.25, -0.2) is 4.79 Å². The Morgan fingerprint density at radius 3 is 2.67 bits per heavy atom. The Labute approximate surface area is 108 Å². The lowest BCUT2D eigenvalue weighted by Gasteiger charge is -2.19. The number of rotatable bonds is 4. The van der Waals surface area contributed by atoms with E-state index >= 15 is 0 Å². The van der Waals surface area contributed by atoms with E-state index in [0.717, 1.165) is 24.1 Å². The Balaban J connectivity index is 1.88. The second-order valence-corrected chi connectivity index (χ2v) is 4.80. The van der Waals surface area contributed by atoms with E-state index in [1.807, 2.05) is 36.5 Å². The van der Waals surface area contributed by atoms with Crippen molar-refractivity contribution >= 4 is 5.97 Å². The standard InChI is InChI=1S/C15H19NO2/c1-12(2)16-9-8-14(10-16)15(17)18-11-13-6-4-3-5-7-13/h3-7,10,12H,8-9,11H2,1-2H3. The molecule has 0 N–H and O–H groups in total. The van der Waals surface area contributed by atoms with Crippen LogP contribution >= 0.6 is 0 Å². The fourth-order valence-corrected chi connectivity index (χ4v) is 1.96. The molecular formula is C15H19NO2. The molecule has 1 aromatic rings. The van der Waals surface area contributed by atoms with Gasteiger partial charge < -0.3 is 9.64 Å². The summed E-state index contributed by atoms with van der Waals surface area (Å²) in [5.41, 5.74) is 1.80. The first-order chi connectivity index (χ1) is 8.66. The Bertz CT molecular complexity index is 437. The van der Waals surface area contributed by atoms with Gasteiger partial charge in [-0.2, -0.15) is 0 Å². The molecule has 96 valence electrons. The molecule has 1 heterocycles. The maximum absolute atomic E-state index is 11.9. The quantitative estimate of drug-likeness (QED) is 0.764. The summed E-state index contributed by atoms with van der Waals surface area (Å²) in [4.78, 5) is 14.0. The van der Waals surface area contributed by atoms with E-state index in [4.69, 9.17) is 4.74 Å². The minimum Gasteiger partial charge on any atom is -0.457 e. The third-order valence-corrected chi connectivity index (χ3v) is 3.10. The fourth-order valence-electron chi connectivity index (χ4n) is 1.96. The van der Waals surface area contributed by atoms with Gasteiger partial charge in [0, 0.05) is 18.8 Å². The number of nitrogens with zero attached hydrogens (tertiary/aromatic N) is 1. The van der Waals surface area contributed by atoms with Crippen LogP contribution in [0.3, 0.4) is 0 Å². The van der Waals surface area contributed by atoms with Gasteiger partial charge in [0.05, 0.1) is 5.57 Å². The number of carbonyl (C=O) groups is 1. The normalized spacial score (nSPS) is 14.8. The molecule has 0 amide bonds. The highest BCUT2D eigenvalue weighted by atomic mass is 16.5. The molecule has 0 atom stereocenters. The van der Waals surface area contributed by atoms with Crippen molar-refractivity contribution in [1.29, 1.82) is 0 Å². The molecule has 1 aromatic carbocycles. The van der Waals surface area contributed by atoms with Crippen LogP contribution in [0.25, 0.3) is 0 Å². The van der Waals surface area contributed by atoms with Crippen LogP contribution < -0.4 is 0 Å². The smallest absolute Gasteiger partial charge is 0.335 e. The lowest BCUT2D eigenvalue weighted by molar-refractivity contribution is -0.140. The molecule has 0 aliphatic carbocycles. The molecule has 0 radical (unpaired) electrons. The zero-order chi connectivity index (χ0) is 13.0. The van der Waals surface area contributed by atoms with Gasteiger partial charge in [-0.05, 0) is 25.8 Å². The predicted octanol–water partition coefficient (Wildman–Crippen LogP) is 2.73. The van der Waals surface area contributed by atoms with Crippen molar-refractivity contribution in [3.8, 4) is 0 Å². The van der Waals surface area contributed by atoms with Crippen LogP contribution in [0.2, 0.25) is 0 Å². The minimum absolute atomic E-state index is 0.193. The second kappa shape index (κ2) is 5.71. The van der Waals surface area contributed by atoms with E-state index < -0.39 is 0 Å². The first kappa shape index (κ1) is 12.7. The van der Waals surface area contributed by atoms with E-state index in [-0.39, 0.29) is 5.97 Å². The molecule has 0 saturated heterocycles. The van der Waals surface area contributed by atoms with Crippen molar-refractivity contribution in [3.63, 3.8) is 0 Å². The van der Waals surface area contributed by atoms with Gasteiger partial charge >= 0.3 is 5.97 Å². The molecule has 3 heteroatoms. The minimum atomic E-state index is -0.193. The molecule has 0 unspecified atom stereocenters.